The molecule has 11 heteroatoms. The minimum Gasteiger partial charge on any atom is -0.496 e. The highest BCUT2D eigenvalue weighted by Gasteiger charge is 2.31. The van der Waals surface area contributed by atoms with Gasteiger partial charge in [0.2, 0.25) is 5.88 Å². The smallest absolute Gasteiger partial charge is 0.265 e. The van der Waals surface area contributed by atoms with E-state index in [1.807, 2.05) is 39.1 Å². The predicted octanol–water partition coefficient (Wildman–Crippen LogP) is 5.46. The van der Waals surface area contributed by atoms with Crippen molar-refractivity contribution < 1.29 is 19.0 Å². The summed E-state index contributed by atoms with van der Waals surface area (Å²) < 4.78 is 18.8. The Morgan fingerprint density at radius 3 is 2.26 bits per heavy atom. The van der Waals surface area contributed by atoms with E-state index in [1.165, 1.54) is 18.2 Å². The molecule has 1 saturated heterocycles. The summed E-state index contributed by atoms with van der Waals surface area (Å²) in [5.41, 5.74) is 8.96. The molecule has 4 heterocycles. The van der Waals surface area contributed by atoms with Crippen LogP contribution in [0.2, 0.25) is 0 Å². The Balaban J connectivity index is 1.12. The average molecular weight is 717 g/mol. The maximum absolute atomic E-state index is 13.7. The lowest BCUT2D eigenvalue weighted by Crippen LogP contribution is -2.45. The third kappa shape index (κ3) is 7.56. The van der Waals surface area contributed by atoms with Crippen LogP contribution in [0.3, 0.4) is 0 Å². The van der Waals surface area contributed by atoms with E-state index in [0.29, 0.717) is 24.5 Å². The predicted molar refractivity (Wildman–Crippen MR) is 205 cm³/mol. The Bertz CT molecular complexity index is 2120. The molecule has 2 aliphatic heterocycles. The molecule has 2 aromatic carbocycles. The first-order valence-electron chi connectivity index (χ1n) is 18.0. The molecule has 6 rings (SSSR count). The minimum absolute atomic E-state index is 0.00362. The summed E-state index contributed by atoms with van der Waals surface area (Å²) in [6, 6.07) is 15.9. The van der Waals surface area contributed by atoms with E-state index in [2.05, 4.69) is 39.1 Å². The van der Waals surface area contributed by atoms with Gasteiger partial charge in [0.25, 0.3) is 11.5 Å². The molecule has 0 aliphatic carbocycles. The molecular formula is C42H48N6O5. The molecule has 0 saturated carbocycles. The summed E-state index contributed by atoms with van der Waals surface area (Å²) in [7, 11) is 6.67. The molecule has 1 amide bonds. The summed E-state index contributed by atoms with van der Waals surface area (Å²) in [5, 5.41) is 9.94. The van der Waals surface area contributed by atoms with Gasteiger partial charge < -0.3 is 23.7 Å². The van der Waals surface area contributed by atoms with Gasteiger partial charge in [-0.1, -0.05) is 18.2 Å². The lowest BCUT2D eigenvalue weighted by atomic mass is 9.89. The largest absolute Gasteiger partial charge is 0.496 e. The quantitative estimate of drug-likeness (QED) is 0.156. The Morgan fingerprint density at radius 1 is 0.943 bits per heavy atom. The van der Waals surface area contributed by atoms with Crippen LogP contribution in [-0.2, 0) is 31.4 Å². The fraction of sp³-hybridized carbons (Fsp3) is 0.381. The maximum atomic E-state index is 13.7. The molecule has 276 valence electrons. The van der Waals surface area contributed by atoms with Gasteiger partial charge in [-0.2, -0.15) is 5.26 Å². The number of rotatable bonds is 10. The number of methoxy groups -OCH3 is 3. The molecule has 2 aromatic heterocycles. The molecule has 4 aromatic rings. The molecule has 1 unspecified atom stereocenters. The van der Waals surface area contributed by atoms with Crippen LogP contribution in [-0.4, -0.2) is 84.2 Å². The highest BCUT2D eigenvalue weighted by molar-refractivity contribution is 6.02. The molecule has 0 radical (unpaired) electrons. The number of nitrogens with zero attached hydrogens (tertiary/aromatic N) is 6. The van der Waals surface area contributed by atoms with Crippen LogP contribution in [0.1, 0.15) is 51.9 Å². The van der Waals surface area contributed by atoms with Crippen molar-refractivity contribution in [2.45, 2.75) is 46.3 Å². The maximum Gasteiger partial charge on any atom is 0.265 e. The zero-order valence-electron chi connectivity index (χ0n) is 31.7. The number of pyridine rings is 2. The first kappa shape index (κ1) is 37.3. The van der Waals surface area contributed by atoms with E-state index in [1.54, 1.807) is 55.1 Å². The van der Waals surface area contributed by atoms with Crippen molar-refractivity contribution in [2.75, 3.05) is 54.1 Å². The molecule has 2 aliphatic rings. The fourth-order valence-electron chi connectivity index (χ4n) is 7.64. The monoisotopic (exact) mass is 716 g/mol. The average Bonchev–Trinajstić information content (AvgIpc) is 3.18. The third-order valence-electron chi connectivity index (χ3n) is 10.8. The number of carbonyl (C=O) groups is 1. The Labute approximate surface area is 311 Å². The number of carbonyl (C=O) groups excluding carboxylic acids is 1. The van der Waals surface area contributed by atoms with Crippen molar-refractivity contribution >= 4 is 12.0 Å². The molecule has 0 bridgehead atoms. The number of aryl methyl sites for hydroxylation is 1. The van der Waals surface area contributed by atoms with Gasteiger partial charge in [0.05, 0.1) is 32.9 Å². The van der Waals surface area contributed by atoms with Gasteiger partial charge >= 0.3 is 0 Å². The molecule has 1 fully saturated rings. The SMILES string of the molecule is COc1cc(-c2cn(C)c(=O)c(C)c2C)cc(OC)c1CN1CCN(Cc2cccc3c2CCN(C(=O)/C(C#N)=C/c2cccnc2OC)C3C)CC1. The van der Waals surface area contributed by atoms with Crippen LogP contribution in [0.5, 0.6) is 17.4 Å². The first-order valence-corrected chi connectivity index (χ1v) is 18.0. The zero-order valence-corrected chi connectivity index (χ0v) is 31.7. The van der Waals surface area contributed by atoms with E-state index in [0.717, 1.165) is 84.0 Å². The number of ether oxygens (including phenoxy) is 3. The van der Waals surface area contributed by atoms with Crippen LogP contribution in [0, 0.1) is 25.2 Å². The van der Waals surface area contributed by atoms with Crippen LogP contribution >= 0.6 is 0 Å². The summed E-state index contributed by atoms with van der Waals surface area (Å²) in [6.45, 7) is 11.6. The number of piperazine rings is 1. The minimum atomic E-state index is -0.293. The summed E-state index contributed by atoms with van der Waals surface area (Å²) in [4.78, 5) is 37.1. The second kappa shape index (κ2) is 16.1. The summed E-state index contributed by atoms with van der Waals surface area (Å²) in [6.07, 6.45) is 5.78. The number of aromatic nitrogens is 2. The van der Waals surface area contributed by atoms with Gasteiger partial charge in [0.15, 0.2) is 0 Å². The van der Waals surface area contributed by atoms with Crippen molar-refractivity contribution in [3.05, 3.63) is 110 Å². The zero-order chi connectivity index (χ0) is 37.8. The number of hydrogen-bond acceptors (Lipinski definition) is 9. The van der Waals surface area contributed by atoms with Crippen LogP contribution in [0.15, 0.2) is 65.2 Å². The fourth-order valence-corrected chi connectivity index (χ4v) is 7.64. The van der Waals surface area contributed by atoms with Crippen LogP contribution < -0.4 is 19.8 Å². The molecular weight excluding hydrogens is 668 g/mol. The van der Waals surface area contributed by atoms with Crippen molar-refractivity contribution in [1.82, 2.24) is 24.3 Å². The Kier molecular flexibility index (Phi) is 11.3. The van der Waals surface area contributed by atoms with Crippen molar-refractivity contribution in [3.63, 3.8) is 0 Å². The van der Waals surface area contributed by atoms with E-state index in [9.17, 15) is 14.9 Å². The van der Waals surface area contributed by atoms with Crippen LogP contribution in [0.4, 0.5) is 0 Å². The Morgan fingerprint density at radius 2 is 1.62 bits per heavy atom. The molecule has 11 nitrogen and oxygen atoms in total. The molecule has 53 heavy (non-hydrogen) atoms. The summed E-state index contributed by atoms with van der Waals surface area (Å²) in [5.74, 6) is 1.60. The number of hydrogen-bond donors (Lipinski definition) is 0. The molecule has 0 spiro atoms. The standard InChI is InChI=1S/C42H48N6O5/c1-27-28(2)41(49)45(4)25-36(27)32-21-38(51-5)37(39(22-32)52-6)26-47-18-16-46(17-19-47)24-31-10-8-12-34-29(3)48(15-13-35(31)34)42(50)33(23-43)20-30-11-9-14-44-40(30)53-7/h8-12,14,20-22,25,29H,13,15-19,24,26H2,1-7H3/b33-20+. The second-order valence-corrected chi connectivity index (χ2v) is 13.8. The second-order valence-electron chi connectivity index (χ2n) is 13.8. The van der Waals surface area contributed by atoms with E-state index < -0.39 is 0 Å². The Hall–Kier alpha value is -5.44. The van der Waals surface area contributed by atoms with Gasteiger partial charge in [-0.25, -0.2) is 4.98 Å². The van der Waals surface area contributed by atoms with Crippen molar-refractivity contribution in [3.8, 4) is 34.6 Å². The number of benzene rings is 2. The van der Waals surface area contributed by atoms with E-state index in [-0.39, 0.29) is 23.1 Å². The topological polar surface area (TPSA) is 113 Å². The van der Waals surface area contributed by atoms with E-state index in [4.69, 9.17) is 14.2 Å². The summed E-state index contributed by atoms with van der Waals surface area (Å²) >= 11 is 0. The third-order valence-corrected chi connectivity index (χ3v) is 10.8. The van der Waals surface area contributed by atoms with E-state index >= 15 is 0 Å². The number of fused-ring (bicyclic) bond motifs is 1. The first-order chi connectivity index (χ1) is 25.6. The van der Waals surface area contributed by atoms with Crippen LogP contribution in [0.25, 0.3) is 17.2 Å². The van der Waals surface area contributed by atoms with Gasteiger partial charge in [-0.3, -0.25) is 19.4 Å². The van der Waals surface area contributed by atoms with Crippen molar-refractivity contribution in [1.29, 1.82) is 5.26 Å². The van der Waals surface area contributed by atoms with Crippen molar-refractivity contribution in [2.24, 2.45) is 7.05 Å². The van der Waals surface area contributed by atoms with Gasteiger partial charge in [0, 0.05) is 81.9 Å². The molecule has 0 N–H and O–H groups in total. The number of amides is 1. The number of nitriles is 1. The van der Waals surface area contributed by atoms with Gasteiger partial charge in [-0.05, 0) is 85.4 Å². The lowest BCUT2D eigenvalue weighted by Gasteiger charge is -2.38. The highest BCUT2D eigenvalue weighted by atomic mass is 16.5. The van der Waals surface area contributed by atoms with Gasteiger partial charge in [-0.15, -0.1) is 0 Å². The molecule has 1 atom stereocenters. The lowest BCUT2D eigenvalue weighted by molar-refractivity contribution is -0.129. The van der Waals surface area contributed by atoms with Gasteiger partial charge in [0.1, 0.15) is 23.1 Å². The highest BCUT2D eigenvalue weighted by Crippen LogP contribution is 2.38. The normalized spacial score (nSPS) is 16.5.